The SMILES string of the molecule is CCC1OC(n2cc([Se]C)c(=O)[nH]c2=O)C(C[Si](C)(C)C(C)(C)C)C1OP(OCCC#N)N(C(C)C)C(C)C. The molecule has 0 aromatic carbocycles. The summed E-state index contributed by atoms with van der Waals surface area (Å²) in [6, 6.07) is 3.39. The summed E-state index contributed by atoms with van der Waals surface area (Å²) in [5.74, 6) is 1.86. The zero-order chi connectivity index (χ0) is 29.7. The molecule has 5 atom stereocenters. The molecule has 12 heteroatoms. The zero-order valence-electron chi connectivity index (χ0n) is 25.6. The Morgan fingerprint density at radius 2 is 1.87 bits per heavy atom. The summed E-state index contributed by atoms with van der Waals surface area (Å²) in [4.78, 5) is 28.0. The fraction of sp³-hybridized carbons (Fsp3) is 0.815. The van der Waals surface area contributed by atoms with Gasteiger partial charge in [-0.05, 0) is 0 Å². The molecular weight excluding hydrogens is 598 g/mol. The van der Waals surface area contributed by atoms with Gasteiger partial charge in [0.1, 0.15) is 0 Å². The van der Waals surface area contributed by atoms with Crippen LogP contribution in [0.5, 0.6) is 0 Å². The molecule has 9 nitrogen and oxygen atoms in total. The third-order valence-corrected chi connectivity index (χ3v) is 17.2. The molecule has 1 saturated heterocycles. The summed E-state index contributed by atoms with van der Waals surface area (Å²) in [5.41, 5.74) is -0.774. The van der Waals surface area contributed by atoms with E-state index >= 15 is 0 Å². The van der Waals surface area contributed by atoms with Crippen LogP contribution in [0, 0.1) is 17.2 Å². The summed E-state index contributed by atoms with van der Waals surface area (Å²) in [6.45, 7) is 22.5. The van der Waals surface area contributed by atoms with Crippen LogP contribution in [0.2, 0.25) is 30.0 Å². The van der Waals surface area contributed by atoms with Crippen LogP contribution in [0.25, 0.3) is 0 Å². The molecule has 39 heavy (non-hydrogen) atoms. The van der Waals surface area contributed by atoms with Crippen molar-refractivity contribution in [2.75, 3.05) is 6.61 Å². The molecule has 0 radical (unpaired) electrons. The van der Waals surface area contributed by atoms with E-state index in [0.29, 0.717) is 17.5 Å². The maximum absolute atomic E-state index is 13.1. The molecule has 0 bridgehead atoms. The van der Waals surface area contributed by atoms with Crippen LogP contribution in [0.3, 0.4) is 0 Å². The quantitative estimate of drug-likeness (QED) is 0.182. The minimum absolute atomic E-state index is 0.0748. The summed E-state index contributed by atoms with van der Waals surface area (Å²) in [7, 11) is -3.35. The average Bonchev–Trinajstić information content (AvgIpc) is 3.14. The van der Waals surface area contributed by atoms with Crippen molar-refractivity contribution in [1.29, 1.82) is 5.26 Å². The van der Waals surface area contributed by atoms with Gasteiger partial charge in [0.25, 0.3) is 0 Å². The number of aromatic amines is 1. The standard InChI is InChI=1S/C27H49N4O5PSeSi/c1-12-21-23(36-37(34-15-13-14-28)31(18(2)3)19(4)5)20(17-39(10,11)27(6,7)8)25(35-21)30-16-22(38-9)24(32)29-26(30)33/h16,18-21,23,25H,12-13,15,17H2,1-11H3,(H,29,32,33). The second-order valence-electron chi connectivity index (χ2n) is 12.5. The molecular formula is C27H49N4O5PSeSi. The van der Waals surface area contributed by atoms with Crippen LogP contribution < -0.4 is 15.7 Å². The Hall–Kier alpha value is -0.824. The van der Waals surface area contributed by atoms with E-state index in [-0.39, 0.29) is 62.2 Å². The van der Waals surface area contributed by atoms with E-state index in [2.05, 4.69) is 84.2 Å². The molecule has 1 aromatic heterocycles. The first-order valence-electron chi connectivity index (χ1n) is 13.9. The predicted molar refractivity (Wildman–Crippen MR) is 162 cm³/mol. The van der Waals surface area contributed by atoms with Crippen LogP contribution in [0.4, 0.5) is 0 Å². The minimum atomic E-state index is -1.87. The van der Waals surface area contributed by atoms with Crippen LogP contribution in [0.1, 0.15) is 74.5 Å². The Bertz CT molecular complexity index is 1090. The van der Waals surface area contributed by atoms with E-state index < -0.39 is 28.5 Å². The summed E-state index contributed by atoms with van der Waals surface area (Å²) >= 11 is -0.0748. The van der Waals surface area contributed by atoms with Gasteiger partial charge in [-0.25, -0.2) is 0 Å². The molecule has 1 aliphatic rings. The van der Waals surface area contributed by atoms with Gasteiger partial charge in [0.15, 0.2) is 0 Å². The van der Waals surface area contributed by atoms with Crippen molar-refractivity contribution in [2.24, 2.45) is 5.92 Å². The van der Waals surface area contributed by atoms with E-state index in [0.717, 1.165) is 6.04 Å². The van der Waals surface area contributed by atoms with Crippen molar-refractivity contribution in [3.8, 4) is 6.07 Å². The molecule has 2 heterocycles. The fourth-order valence-corrected chi connectivity index (χ4v) is 9.84. The van der Waals surface area contributed by atoms with E-state index in [1.165, 1.54) is 0 Å². The third-order valence-electron chi connectivity index (χ3n) is 7.95. The van der Waals surface area contributed by atoms with Crippen molar-refractivity contribution in [3.63, 3.8) is 0 Å². The normalized spacial score (nSPS) is 23.1. The van der Waals surface area contributed by atoms with E-state index in [9.17, 15) is 9.59 Å². The molecule has 2 rings (SSSR count). The number of nitrogens with zero attached hydrogens (tertiary/aromatic N) is 3. The number of rotatable bonds is 13. The van der Waals surface area contributed by atoms with Crippen molar-refractivity contribution in [1.82, 2.24) is 14.2 Å². The van der Waals surface area contributed by atoms with Crippen LogP contribution in [-0.2, 0) is 13.8 Å². The molecule has 1 aliphatic heterocycles. The number of H-pyrrole nitrogens is 1. The summed E-state index contributed by atoms with van der Waals surface area (Å²) in [6.07, 6.45) is 1.58. The second kappa shape index (κ2) is 14.4. The number of hydrogen-bond donors (Lipinski definition) is 1. The Kier molecular flexibility index (Phi) is 12.7. The van der Waals surface area contributed by atoms with Gasteiger partial charge in [-0.3, -0.25) is 0 Å². The van der Waals surface area contributed by atoms with Crippen molar-refractivity contribution >= 4 is 36.0 Å². The van der Waals surface area contributed by atoms with E-state index in [1.54, 1.807) is 10.8 Å². The summed E-state index contributed by atoms with van der Waals surface area (Å²) in [5, 5.41) is 9.27. The molecule has 1 fully saturated rings. The Morgan fingerprint density at radius 1 is 1.26 bits per heavy atom. The average molecular weight is 648 g/mol. The monoisotopic (exact) mass is 648 g/mol. The molecule has 0 spiro atoms. The zero-order valence-corrected chi connectivity index (χ0v) is 29.2. The first-order chi connectivity index (χ1) is 18.1. The Labute approximate surface area is 243 Å². The third kappa shape index (κ3) is 8.36. The van der Waals surface area contributed by atoms with Crippen molar-refractivity contribution in [3.05, 3.63) is 27.0 Å². The van der Waals surface area contributed by atoms with Gasteiger partial charge in [0.05, 0.1) is 0 Å². The molecule has 0 amide bonds. The van der Waals surface area contributed by atoms with Gasteiger partial charge in [-0.15, -0.1) is 0 Å². The van der Waals surface area contributed by atoms with Gasteiger partial charge in [-0.1, -0.05) is 0 Å². The number of ether oxygens (including phenoxy) is 1. The van der Waals surface area contributed by atoms with Gasteiger partial charge in [-0.2, -0.15) is 5.26 Å². The predicted octanol–water partition coefficient (Wildman–Crippen LogP) is 5.01. The number of aromatic nitrogens is 2. The number of nitrogens with one attached hydrogen (secondary N) is 1. The topological polar surface area (TPSA) is 110 Å². The second-order valence-corrected chi connectivity index (χ2v) is 21.3. The molecule has 1 aromatic rings. The molecule has 1 N–H and O–H groups in total. The molecule has 0 aliphatic carbocycles. The first-order valence-corrected chi connectivity index (χ1v) is 20.8. The molecule has 222 valence electrons. The molecule has 5 unspecified atom stereocenters. The van der Waals surface area contributed by atoms with E-state index in [1.807, 2.05) is 5.82 Å². The maximum atomic E-state index is 13.1. The first kappa shape index (κ1) is 34.4. The Morgan fingerprint density at radius 3 is 2.36 bits per heavy atom. The molecule has 0 saturated carbocycles. The Balaban J connectivity index is 2.65. The van der Waals surface area contributed by atoms with Crippen molar-refractivity contribution < 1.29 is 13.8 Å². The van der Waals surface area contributed by atoms with Crippen LogP contribution in [-0.4, -0.2) is 68.2 Å². The van der Waals surface area contributed by atoms with Gasteiger partial charge < -0.3 is 0 Å². The van der Waals surface area contributed by atoms with Gasteiger partial charge >= 0.3 is 238 Å². The van der Waals surface area contributed by atoms with Crippen LogP contribution in [0.15, 0.2) is 15.8 Å². The van der Waals surface area contributed by atoms with Gasteiger partial charge in [0.2, 0.25) is 0 Å². The fourth-order valence-electron chi connectivity index (χ4n) is 4.85. The van der Waals surface area contributed by atoms with Crippen molar-refractivity contribution in [2.45, 2.75) is 129 Å². The van der Waals surface area contributed by atoms with E-state index in [4.69, 9.17) is 19.0 Å². The van der Waals surface area contributed by atoms with Crippen LogP contribution >= 0.6 is 8.53 Å². The summed E-state index contributed by atoms with van der Waals surface area (Å²) < 4.78 is 24.3. The van der Waals surface area contributed by atoms with Gasteiger partial charge in [0, 0.05) is 0 Å². The number of hydrogen-bond acceptors (Lipinski definition) is 7. The number of nitriles is 1.